The van der Waals surface area contributed by atoms with E-state index in [9.17, 15) is 19.8 Å². The number of aromatic carboxylic acids is 2. The predicted octanol–water partition coefficient (Wildman–Crippen LogP) is 3.22. The fraction of sp³-hybridized carbons (Fsp3) is 0.150. The minimum atomic E-state index is -1.16. The van der Waals surface area contributed by atoms with Gasteiger partial charge in [0.2, 0.25) is 0 Å². The molecule has 2 N–H and O–H groups in total. The third-order valence-electron chi connectivity index (χ3n) is 4.79. The molecule has 0 spiro atoms. The summed E-state index contributed by atoms with van der Waals surface area (Å²) in [7, 11) is 3.04. The molecule has 0 radical (unpaired) electrons. The number of pyridine rings is 1. The van der Waals surface area contributed by atoms with E-state index in [1.165, 1.54) is 26.4 Å². The molecule has 0 fully saturated rings. The van der Waals surface area contributed by atoms with Crippen molar-refractivity contribution in [2.24, 2.45) is 0 Å². The van der Waals surface area contributed by atoms with Crippen molar-refractivity contribution < 1.29 is 29.3 Å². The summed E-state index contributed by atoms with van der Waals surface area (Å²) < 4.78 is 10.7. The molecule has 1 aliphatic rings. The number of nitrogens with zero attached hydrogens (tertiary/aromatic N) is 1. The minimum absolute atomic E-state index is 0.0354. The Bertz CT molecular complexity index is 1140. The van der Waals surface area contributed by atoms with Crippen LogP contribution >= 0.6 is 0 Å². The number of benzene rings is 2. The normalized spacial score (nSPS) is 11.8. The number of carboxylic acid groups (broad SMARTS) is 2. The molecule has 0 amide bonds. The quantitative estimate of drug-likeness (QED) is 0.572. The molecule has 2 aromatic carbocycles. The van der Waals surface area contributed by atoms with Crippen molar-refractivity contribution in [1.82, 2.24) is 4.98 Å². The molecule has 1 aromatic heterocycles. The molecule has 0 bridgehead atoms. The molecule has 0 atom stereocenters. The summed E-state index contributed by atoms with van der Waals surface area (Å²) in [5.41, 5.74) is 2.78. The van der Waals surface area contributed by atoms with Gasteiger partial charge >= 0.3 is 11.9 Å². The summed E-state index contributed by atoms with van der Waals surface area (Å²) >= 11 is 0. The lowest BCUT2D eigenvalue weighted by atomic mass is 9.98. The second-order valence-electron chi connectivity index (χ2n) is 6.17. The van der Waals surface area contributed by atoms with Gasteiger partial charge in [0.15, 0.2) is 11.5 Å². The number of fused-ring (bicyclic) bond motifs is 4. The number of ether oxygens (including phenoxy) is 2. The van der Waals surface area contributed by atoms with Crippen LogP contribution in [-0.2, 0) is 6.42 Å². The zero-order valence-corrected chi connectivity index (χ0v) is 14.6. The zero-order valence-electron chi connectivity index (χ0n) is 14.6. The van der Waals surface area contributed by atoms with Gasteiger partial charge in [0.1, 0.15) is 0 Å². The minimum Gasteiger partial charge on any atom is -0.493 e. The predicted molar refractivity (Wildman–Crippen MR) is 97.0 cm³/mol. The smallest absolute Gasteiger partial charge is 0.337 e. The van der Waals surface area contributed by atoms with Crippen molar-refractivity contribution in [3.05, 3.63) is 52.6 Å². The Kier molecular flexibility index (Phi) is 3.73. The molecule has 1 aliphatic carbocycles. The van der Waals surface area contributed by atoms with E-state index >= 15 is 0 Å². The number of hydrogen-bond acceptors (Lipinski definition) is 5. The van der Waals surface area contributed by atoms with Crippen LogP contribution in [0.4, 0.5) is 0 Å². The largest absolute Gasteiger partial charge is 0.493 e. The number of carboxylic acids is 2. The topological polar surface area (TPSA) is 106 Å². The summed E-state index contributed by atoms with van der Waals surface area (Å²) in [5, 5.41) is 19.6. The monoisotopic (exact) mass is 365 g/mol. The fourth-order valence-corrected chi connectivity index (χ4v) is 3.62. The molecule has 0 aliphatic heterocycles. The average Bonchev–Trinajstić information content (AvgIpc) is 3.00. The Morgan fingerprint density at radius 2 is 1.74 bits per heavy atom. The van der Waals surface area contributed by atoms with Gasteiger partial charge < -0.3 is 19.7 Å². The van der Waals surface area contributed by atoms with Gasteiger partial charge in [-0.3, -0.25) is 0 Å². The Morgan fingerprint density at radius 1 is 1.04 bits per heavy atom. The standard InChI is InChI=1S/C20H15NO6/c1-26-14-7-9-6-13-16(20(24)25)10-4-3-5-11(19(22)23)17(10)21-18(13)12(9)8-15(14)27-2/h3-5,7-8H,6H2,1-2H3,(H,22,23)(H,24,25). The summed E-state index contributed by atoms with van der Waals surface area (Å²) in [5.74, 6) is -1.24. The third-order valence-corrected chi connectivity index (χ3v) is 4.79. The van der Waals surface area contributed by atoms with Gasteiger partial charge in [0, 0.05) is 17.4 Å². The maximum absolute atomic E-state index is 12.0. The summed E-state index contributed by atoms with van der Waals surface area (Å²) in [6.45, 7) is 0. The molecule has 3 aromatic rings. The zero-order chi connectivity index (χ0) is 19.3. The number of carbonyl (C=O) groups is 2. The van der Waals surface area contributed by atoms with Crippen LogP contribution in [-0.4, -0.2) is 41.4 Å². The van der Waals surface area contributed by atoms with E-state index in [0.29, 0.717) is 40.1 Å². The third kappa shape index (κ3) is 2.39. The first kappa shape index (κ1) is 16.8. The van der Waals surface area contributed by atoms with Gasteiger partial charge in [0.25, 0.3) is 0 Å². The first-order valence-corrected chi connectivity index (χ1v) is 8.13. The van der Waals surface area contributed by atoms with Crippen molar-refractivity contribution in [3.63, 3.8) is 0 Å². The number of methoxy groups -OCH3 is 2. The van der Waals surface area contributed by atoms with Crippen molar-refractivity contribution in [1.29, 1.82) is 0 Å². The number of rotatable bonds is 4. The number of para-hydroxylation sites is 1. The highest BCUT2D eigenvalue weighted by atomic mass is 16.5. The Morgan fingerprint density at radius 3 is 2.37 bits per heavy atom. The lowest BCUT2D eigenvalue weighted by Gasteiger charge is -2.11. The maximum Gasteiger partial charge on any atom is 0.337 e. The van der Waals surface area contributed by atoms with Gasteiger partial charge in [-0.05, 0) is 29.3 Å². The highest BCUT2D eigenvalue weighted by molar-refractivity contribution is 6.11. The fourth-order valence-electron chi connectivity index (χ4n) is 3.62. The Balaban J connectivity index is 2.10. The van der Waals surface area contributed by atoms with Gasteiger partial charge in [-0.15, -0.1) is 0 Å². The lowest BCUT2D eigenvalue weighted by Crippen LogP contribution is -2.07. The van der Waals surface area contributed by atoms with Crippen LogP contribution in [0.1, 0.15) is 31.8 Å². The van der Waals surface area contributed by atoms with Crippen LogP contribution < -0.4 is 9.47 Å². The molecule has 4 rings (SSSR count). The van der Waals surface area contributed by atoms with Gasteiger partial charge in [-0.2, -0.15) is 0 Å². The number of aromatic nitrogens is 1. The summed E-state index contributed by atoms with van der Waals surface area (Å²) in [6.07, 6.45) is 0.368. The Labute approximate surface area is 153 Å². The van der Waals surface area contributed by atoms with Gasteiger partial charge in [-0.1, -0.05) is 12.1 Å². The van der Waals surface area contributed by atoms with Gasteiger partial charge in [0.05, 0.1) is 36.6 Å². The van der Waals surface area contributed by atoms with Crippen LogP contribution in [0.2, 0.25) is 0 Å². The molecular formula is C20H15NO6. The van der Waals surface area contributed by atoms with Crippen LogP contribution in [0.5, 0.6) is 11.5 Å². The molecule has 0 saturated heterocycles. The molecule has 7 heteroatoms. The van der Waals surface area contributed by atoms with E-state index < -0.39 is 11.9 Å². The second-order valence-corrected chi connectivity index (χ2v) is 6.17. The Hall–Kier alpha value is -3.61. The van der Waals surface area contributed by atoms with Crippen LogP contribution in [0.15, 0.2) is 30.3 Å². The molecular weight excluding hydrogens is 350 g/mol. The van der Waals surface area contributed by atoms with Crippen LogP contribution in [0.3, 0.4) is 0 Å². The maximum atomic E-state index is 12.0. The van der Waals surface area contributed by atoms with E-state index in [2.05, 4.69) is 4.98 Å². The molecule has 1 heterocycles. The van der Waals surface area contributed by atoms with Gasteiger partial charge in [-0.25, -0.2) is 14.6 Å². The van der Waals surface area contributed by atoms with Crippen LogP contribution in [0, 0.1) is 0 Å². The highest BCUT2D eigenvalue weighted by Crippen LogP contribution is 2.44. The molecule has 0 saturated carbocycles. The molecule has 136 valence electrons. The SMILES string of the molecule is COc1cc2c(cc1OC)-c1nc3c(C(=O)O)cccc3c(C(=O)O)c1C2. The summed E-state index contributed by atoms with van der Waals surface area (Å²) in [6, 6.07) is 8.07. The lowest BCUT2D eigenvalue weighted by molar-refractivity contribution is 0.0685. The number of hydrogen-bond donors (Lipinski definition) is 2. The van der Waals surface area contributed by atoms with Crippen molar-refractivity contribution in [3.8, 4) is 22.8 Å². The van der Waals surface area contributed by atoms with Crippen molar-refractivity contribution in [2.45, 2.75) is 6.42 Å². The van der Waals surface area contributed by atoms with Crippen LogP contribution in [0.25, 0.3) is 22.2 Å². The first-order chi connectivity index (χ1) is 13.0. The van der Waals surface area contributed by atoms with E-state index in [0.717, 1.165) is 5.56 Å². The first-order valence-electron chi connectivity index (χ1n) is 8.13. The van der Waals surface area contributed by atoms with E-state index in [4.69, 9.17) is 9.47 Å². The summed E-state index contributed by atoms with van der Waals surface area (Å²) in [4.78, 5) is 28.2. The van der Waals surface area contributed by atoms with E-state index in [1.807, 2.05) is 0 Å². The van der Waals surface area contributed by atoms with E-state index in [-0.39, 0.29) is 16.6 Å². The van der Waals surface area contributed by atoms with Crippen molar-refractivity contribution in [2.75, 3.05) is 14.2 Å². The molecule has 0 unspecified atom stereocenters. The molecule has 7 nitrogen and oxygen atoms in total. The van der Waals surface area contributed by atoms with Crippen molar-refractivity contribution >= 4 is 22.8 Å². The van der Waals surface area contributed by atoms with E-state index in [1.54, 1.807) is 18.2 Å². The second kappa shape index (κ2) is 5.98. The molecule has 27 heavy (non-hydrogen) atoms. The highest BCUT2D eigenvalue weighted by Gasteiger charge is 2.30. The average molecular weight is 365 g/mol.